The van der Waals surface area contributed by atoms with Gasteiger partial charge in [-0.1, -0.05) is 72.6 Å². The highest BCUT2D eigenvalue weighted by Crippen LogP contribution is 2.47. The van der Waals surface area contributed by atoms with Crippen LogP contribution in [0.5, 0.6) is 0 Å². The number of Topliss-reactive ketones (excluding diaryl/α,β-unsaturated/α-hetero) is 1. The highest BCUT2D eigenvalue weighted by atomic mass is 32.2. The second-order valence-electron chi connectivity index (χ2n) is 10.5. The largest absolute Gasteiger partial charge is 0.298 e. The fourth-order valence-electron chi connectivity index (χ4n) is 5.59. The zero-order chi connectivity index (χ0) is 26.6. The van der Waals surface area contributed by atoms with Crippen LogP contribution in [0.15, 0.2) is 88.7 Å². The average Bonchev–Trinajstić information content (AvgIpc) is 2.86. The number of aryl methyl sites for hydroxylation is 2. The minimum Gasteiger partial charge on any atom is -0.298 e. The van der Waals surface area contributed by atoms with E-state index in [1.807, 2.05) is 19.9 Å². The van der Waals surface area contributed by atoms with Gasteiger partial charge in [0, 0.05) is 26.2 Å². The normalized spacial score (nSPS) is 25.2. The Morgan fingerprint density at radius 2 is 1.03 bits per heavy atom. The van der Waals surface area contributed by atoms with Gasteiger partial charge in [-0.2, -0.15) is 8.61 Å². The van der Waals surface area contributed by atoms with Crippen molar-refractivity contribution in [2.24, 2.45) is 5.41 Å². The van der Waals surface area contributed by atoms with E-state index in [0.29, 0.717) is 5.56 Å². The van der Waals surface area contributed by atoms with Crippen LogP contribution < -0.4 is 0 Å². The summed E-state index contributed by atoms with van der Waals surface area (Å²) in [6.07, 6.45) is 0. The van der Waals surface area contributed by atoms with E-state index >= 15 is 0 Å². The number of fused-ring (bicyclic) bond motifs is 2. The summed E-state index contributed by atoms with van der Waals surface area (Å²) in [7, 11) is -7.85. The summed E-state index contributed by atoms with van der Waals surface area (Å²) in [6.45, 7) is 4.97. The highest BCUT2D eigenvalue weighted by Gasteiger charge is 2.62. The van der Waals surface area contributed by atoms with E-state index in [2.05, 4.69) is 0 Å². The first-order chi connectivity index (χ1) is 17.4. The van der Waals surface area contributed by atoms with Crippen LogP contribution >= 0.6 is 0 Å². The summed E-state index contributed by atoms with van der Waals surface area (Å²) in [4.78, 5) is 14.4. The van der Waals surface area contributed by atoms with Gasteiger partial charge < -0.3 is 0 Å². The molecule has 5 rings (SSSR count). The molecule has 2 aliphatic rings. The second-order valence-corrected chi connectivity index (χ2v) is 14.4. The van der Waals surface area contributed by atoms with Gasteiger partial charge in [-0.05, 0) is 43.7 Å². The molecule has 0 radical (unpaired) electrons. The minimum atomic E-state index is -3.93. The maximum Gasteiger partial charge on any atom is 0.243 e. The van der Waals surface area contributed by atoms with Crippen LogP contribution in [0.4, 0.5) is 0 Å². The van der Waals surface area contributed by atoms with Gasteiger partial charge in [0.2, 0.25) is 20.0 Å². The molecule has 2 bridgehead atoms. The van der Waals surface area contributed by atoms with E-state index in [9.17, 15) is 21.6 Å². The molecule has 194 valence electrons. The Morgan fingerprint density at radius 1 is 0.622 bits per heavy atom. The maximum absolute atomic E-state index is 14.1. The topological polar surface area (TPSA) is 91.8 Å². The molecule has 0 aliphatic carbocycles. The Morgan fingerprint density at radius 3 is 1.43 bits per heavy atom. The molecule has 0 aromatic heterocycles. The van der Waals surface area contributed by atoms with Crippen LogP contribution in [0.3, 0.4) is 0 Å². The van der Waals surface area contributed by atoms with Gasteiger partial charge >= 0.3 is 0 Å². The van der Waals surface area contributed by atoms with Crippen molar-refractivity contribution in [3.05, 3.63) is 95.6 Å². The van der Waals surface area contributed by atoms with Crippen molar-refractivity contribution >= 4 is 25.8 Å². The molecule has 0 saturated carbocycles. The Kier molecular flexibility index (Phi) is 6.18. The molecule has 0 amide bonds. The fourth-order valence-corrected chi connectivity index (χ4v) is 8.83. The van der Waals surface area contributed by atoms with Gasteiger partial charge in [-0.15, -0.1) is 0 Å². The number of carbonyl (C=O) groups excluding carboxylic acids is 1. The van der Waals surface area contributed by atoms with Gasteiger partial charge in [0.15, 0.2) is 5.78 Å². The summed E-state index contributed by atoms with van der Waals surface area (Å²) < 4.78 is 57.8. The van der Waals surface area contributed by atoms with Crippen molar-refractivity contribution in [2.75, 3.05) is 26.2 Å². The Bertz CT molecular complexity index is 1460. The average molecular weight is 539 g/mol. The van der Waals surface area contributed by atoms with Crippen molar-refractivity contribution < 1.29 is 21.6 Å². The van der Waals surface area contributed by atoms with E-state index < -0.39 is 30.9 Å². The summed E-state index contributed by atoms with van der Waals surface area (Å²) in [6, 6.07) is 22.2. The molecule has 7 nitrogen and oxygen atoms in total. The predicted octanol–water partition coefficient (Wildman–Crippen LogP) is 3.53. The molecule has 0 N–H and O–H groups in total. The highest BCUT2D eigenvalue weighted by molar-refractivity contribution is 7.89. The molecule has 2 heterocycles. The molecule has 9 heteroatoms. The van der Waals surface area contributed by atoms with E-state index in [0.717, 1.165) is 11.1 Å². The summed E-state index contributed by atoms with van der Waals surface area (Å²) >= 11 is 0. The van der Waals surface area contributed by atoms with Crippen molar-refractivity contribution in [2.45, 2.75) is 36.0 Å². The zero-order valence-electron chi connectivity index (χ0n) is 21.1. The molecule has 2 saturated heterocycles. The Balaban J connectivity index is 1.63. The van der Waals surface area contributed by atoms with Crippen molar-refractivity contribution in [1.29, 1.82) is 0 Å². The number of hydrogen-bond donors (Lipinski definition) is 0. The number of rotatable bonds is 5. The lowest BCUT2D eigenvalue weighted by Crippen LogP contribution is -2.72. The molecular formula is C28H30N2O5S2. The summed E-state index contributed by atoms with van der Waals surface area (Å²) in [5.74, 6) is -0.128. The number of sulfonamides is 2. The predicted molar refractivity (Wildman–Crippen MR) is 141 cm³/mol. The first-order valence-corrected chi connectivity index (χ1v) is 15.0. The first-order valence-electron chi connectivity index (χ1n) is 12.1. The van der Waals surface area contributed by atoms with Crippen LogP contribution in [0, 0.1) is 19.3 Å². The molecule has 0 unspecified atom stereocenters. The third-order valence-electron chi connectivity index (χ3n) is 7.57. The smallest absolute Gasteiger partial charge is 0.243 e. The molecule has 0 spiro atoms. The lowest BCUT2D eigenvalue weighted by atomic mass is 9.62. The number of hydrogen-bond acceptors (Lipinski definition) is 5. The monoisotopic (exact) mass is 538 g/mol. The van der Waals surface area contributed by atoms with Gasteiger partial charge in [-0.3, -0.25) is 4.79 Å². The summed E-state index contributed by atoms with van der Waals surface area (Å²) in [5.41, 5.74) is -0.0911. The minimum absolute atomic E-state index is 0.101. The Hall–Kier alpha value is -2.85. The molecular weight excluding hydrogens is 508 g/mol. The molecule has 2 fully saturated rings. The van der Waals surface area contributed by atoms with Gasteiger partial charge in [0.05, 0.1) is 20.6 Å². The lowest BCUT2D eigenvalue weighted by Gasteiger charge is -2.55. The SMILES string of the molecule is Cc1ccc(S(=O)(=O)N2CC3(C)CN(S(=O)(=O)c4ccc(C)cc4)CC(c4ccccc4)(C2)C3=O)cc1. The molecule has 37 heavy (non-hydrogen) atoms. The fraction of sp³-hybridized carbons (Fsp3) is 0.321. The van der Waals surface area contributed by atoms with Crippen molar-refractivity contribution in [3.8, 4) is 0 Å². The van der Waals surface area contributed by atoms with E-state index in [-0.39, 0.29) is 41.8 Å². The summed E-state index contributed by atoms with van der Waals surface area (Å²) in [5, 5.41) is 0. The third-order valence-corrected chi connectivity index (χ3v) is 11.2. The van der Waals surface area contributed by atoms with E-state index in [1.165, 1.54) is 8.61 Å². The number of benzene rings is 3. The molecule has 3 aromatic rings. The molecule has 2 aliphatic heterocycles. The first kappa shape index (κ1) is 25.8. The van der Waals surface area contributed by atoms with E-state index in [1.54, 1.807) is 79.7 Å². The maximum atomic E-state index is 14.1. The van der Waals surface area contributed by atoms with Crippen LogP contribution in [0.1, 0.15) is 23.6 Å². The quantitative estimate of drug-likeness (QED) is 0.496. The molecule has 0 atom stereocenters. The zero-order valence-corrected chi connectivity index (χ0v) is 22.7. The van der Waals surface area contributed by atoms with Gasteiger partial charge in [-0.25, -0.2) is 16.8 Å². The number of carbonyl (C=O) groups is 1. The standard InChI is InChI=1S/C28H30N2O5S2/c1-21-9-13-24(14-10-21)36(32,33)29-17-27(3)18-30(37(34,35)25-15-11-22(2)12-16-25)20-28(19-29,26(27)31)23-7-5-4-6-8-23/h4-16H,17-20H2,1-3H3. The third kappa shape index (κ3) is 4.24. The molecule has 3 aromatic carbocycles. The van der Waals surface area contributed by atoms with Crippen molar-refractivity contribution in [1.82, 2.24) is 8.61 Å². The van der Waals surface area contributed by atoms with Crippen LogP contribution in [-0.2, 0) is 30.3 Å². The van der Waals surface area contributed by atoms with Crippen LogP contribution in [-0.4, -0.2) is 57.4 Å². The number of nitrogens with zero attached hydrogens (tertiary/aromatic N) is 2. The van der Waals surface area contributed by atoms with Crippen LogP contribution in [0.25, 0.3) is 0 Å². The lowest BCUT2D eigenvalue weighted by molar-refractivity contribution is -0.144. The Labute approximate surface area is 218 Å². The number of piperidine rings is 2. The van der Waals surface area contributed by atoms with Gasteiger partial charge in [0.1, 0.15) is 0 Å². The van der Waals surface area contributed by atoms with Gasteiger partial charge in [0.25, 0.3) is 0 Å². The second kappa shape index (κ2) is 8.87. The number of ketones is 1. The van der Waals surface area contributed by atoms with E-state index in [4.69, 9.17) is 0 Å². The van der Waals surface area contributed by atoms with Crippen molar-refractivity contribution in [3.63, 3.8) is 0 Å². The van der Waals surface area contributed by atoms with Crippen LogP contribution in [0.2, 0.25) is 0 Å².